The highest BCUT2D eigenvalue weighted by molar-refractivity contribution is 9.11. The van der Waals surface area contributed by atoms with Gasteiger partial charge in [0.25, 0.3) is 0 Å². The Labute approximate surface area is 136 Å². The topological polar surface area (TPSA) is 35.8 Å². The molecule has 1 aromatic carbocycles. The zero-order chi connectivity index (χ0) is 14.3. The highest BCUT2D eigenvalue weighted by Gasteiger charge is 2.28. The summed E-state index contributed by atoms with van der Waals surface area (Å²) in [6.07, 6.45) is 3.81. The van der Waals surface area contributed by atoms with Crippen LogP contribution in [0.5, 0.6) is 0 Å². The summed E-state index contributed by atoms with van der Waals surface area (Å²) in [5, 5.41) is 9.66. The minimum absolute atomic E-state index is 0.108. The molecule has 0 spiro atoms. The zero-order valence-electron chi connectivity index (χ0n) is 11.4. The van der Waals surface area contributed by atoms with Gasteiger partial charge in [0.1, 0.15) is 5.84 Å². The van der Waals surface area contributed by atoms with Crippen LogP contribution in [0.2, 0.25) is 0 Å². The van der Waals surface area contributed by atoms with E-state index in [4.69, 9.17) is 4.99 Å². The first-order valence-electron chi connectivity index (χ1n) is 7.02. The third-order valence-corrected chi connectivity index (χ3v) is 5.31. The molecule has 3 rings (SSSR count). The van der Waals surface area contributed by atoms with Crippen LogP contribution in [0.15, 0.2) is 26.1 Å². The minimum atomic E-state index is -0.108. The van der Waals surface area contributed by atoms with Gasteiger partial charge in [0.05, 0.1) is 11.8 Å². The molecule has 108 valence electrons. The van der Waals surface area contributed by atoms with Gasteiger partial charge in [-0.15, -0.1) is 0 Å². The molecule has 1 N–H and O–H groups in total. The van der Waals surface area contributed by atoms with Gasteiger partial charge in [-0.1, -0.05) is 15.9 Å². The minimum Gasteiger partial charge on any atom is -0.393 e. The Balaban J connectivity index is 1.87. The molecule has 0 radical (unpaired) electrons. The molecule has 1 fully saturated rings. The van der Waals surface area contributed by atoms with Crippen molar-refractivity contribution in [2.75, 3.05) is 0 Å². The van der Waals surface area contributed by atoms with E-state index in [1.807, 2.05) is 6.07 Å². The summed E-state index contributed by atoms with van der Waals surface area (Å²) in [6, 6.07) is 4.70. The quantitative estimate of drug-likeness (QED) is 0.757. The monoisotopic (exact) mass is 400 g/mol. The van der Waals surface area contributed by atoms with Crippen molar-refractivity contribution in [2.24, 2.45) is 4.99 Å². The van der Waals surface area contributed by atoms with Crippen LogP contribution in [-0.4, -0.2) is 28.0 Å². The Morgan fingerprint density at radius 3 is 2.60 bits per heavy atom. The van der Waals surface area contributed by atoms with E-state index < -0.39 is 0 Å². The Hall–Kier alpha value is -0.390. The Bertz CT molecular complexity index is 551. The fraction of sp³-hybridized carbons (Fsp3) is 0.533. The van der Waals surface area contributed by atoms with Gasteiger partial charge in [0, 0.05) is 21.5 Å². The first kappa shape index (κ1) is 14.5. The molecule has 0 amide bonds. The number of hydrogen-bond donors (Lipinski definition) is 1. The van der Waals surface area contributed by atoms with Gasteiger partial charge in [-0.25, -0.2) is 4.99 Å². The molecule has 0 unspecified atom stereocenters. The maximum atomic E-state index is 9.66. The van der Waals surface area contributed by atoms with Crippen molar-refractivity contribution in [3.63, 3.8) is 0 Å². The van der Waals surface area contributed by atoms with Gasteiger partial charge < -0.3 is 10.0 Å². The lowest BCUT2D eigenvalue weighted by molar-refractivity contribution is 0.0946. The lowest BCUT2D eigenvalue weighted by Gasteiger charge is -2.39. The van der Waals surface area contributed by atoms with E-state index in [2.05, 4.69) is 49.7 Å². The number of halogens is 2. The van der Waals surface area contributed by atoms with E-state index >= 15 is 0 Å². The SMILES string of the molecule is CC1=Nc2c(Br)cc(Br)cc2CN1C1CCC(O)CC1. The highest BCUT2D eigenvalue weighted by atomic mass is 79.9. The molecule has 0 saturated heterocycles. The normalized spacial score (nSPS) is 26.2. The van der Waals surface area contributed by atoms with E-state index in [-0.39, 0.29) is 6.10 Å². The molecule has 0 aromatic heterocycles. The second-order valence-electron chi connectivity index (χ2n) is 5.64. The summed E-state index contributed by atoms with van der Waals surface area (Å²) < 4.78 is 2.12. The van der Waals surface area contributed by atoms with Crippen LogP contribution in [-0.2, 0) is 6.54 Å². The number of aliphatic imine (C=N–C) groups is 1. The molecule has 1 heterocycles. The summed E-state index contributed by atoms with van der Waals surface area (Å²) in [7, 11) is 0. The second kappa shape index (κ2) is 5.78. The first-order valence-corrected chi connectivity index (χ1v) is 8.61. The lowest BCUT2D eigenvalue weighted by Crippen LogP contribution is -2.42. The fourth-order valence-electron chi connectivity index (χ4n) is 3.15. The summed E-state index contributed by atoms with van der Waals surface area (Å²) in [4.78, 5) is 7.17. The molecule has 1 aliphatic heterocycles. The highest BCUT2D eigenvalue weighted by Crippen LogP contribution is 2.38. The standard InChI is InChI=1S/C15H18Br2N2O/c1-9-18-15-10(6-11(16)7-14(15)17)8-19(9)12-2-4-13(20)5-3-12/h6-7,12-13,20H,2-5,8H2,1H3. The third-order valence-electron chi connectivity index (χ3n) is 4.24. The van der Waals surface area contributed by atoms with E-state index in [0.29, 0.717) is 6.04 Å². The van der Waals surface area contributed by atoms with Gasteiger partial charge >= 0.3 is 0 Å². The van der Waals surface area contributed by atoms with Crippen LogP contribution >= 0.6 is 31.9 Å². The number of aliphatic hydroxyl groups excluding tert-OH is 1. The number of rotatable bonds is 1. The van der Waals surface area contributed by atoms with Gasteiger partial charge in [0.15, 0.2) is 0 Å². The van der Waals surface area contributed by atoms with Crippen molar-refractivity contribution in [1.29, 1.82) is 0 Å². The van der Waals surface area contributed by atoms with E-state index in [1.165, 1.54) is 5.56 Å². The fourth-order valence-corrected chi connectivity index (χ4v) is 4.55. The molecule has 1 aliphatic carbocycles. The van der Waals surface area contributed by atoms with Gasteiger partial charge in [0.2, 0.25) is 0 Å². The Morgan fingerprint density at radius 2 is 1.90 bits per heavy atom. The van der Waals surface area contributed by atoms with Crippen LogP contribution in [0, 0.1) is 0 Å². The summed E-state index contributed by atoms with van der Waals surface area (Å²) in [6.45, 7) is 2.99. The van der Waals surface area contributed by atoms with E-state index in [9.17, 15) is 5.11 Å². The largest absolute Gasteiger partial charge is 0.393 e. The number of aliphatic hydroxyl groups is 1. The second-order valence-corrected chi connectivity index (χ2v) is 7.41. The average molecular weight is 402 g/mol. The number of fused-ring (bicyclic) bond motifs is 1. The van der Waals surface area contributed by atoms with Crippen molar-refractivity contribution in [3.05, 3.63) is 26.6 Å². The molecule has 3 nitrogen and oxygen atoms in total. The number of nitrogens with zero attached hydrogens (tertiary/aromatic N) is 2. The number of amidine groups is 1. The third kappa shape index (κ3) is 2.81. The molecule has 5 heteroatoms. The van der Waals surface area contributed by atoms with Crippen LogP contribution in [0.25, 0.3) is 0 Å². The first-order chi connectivity index (χ1) is 9.54. The molecule has 0 bridgehead atoms. The Morgan fingerprint density at radius 1 is 1.20 bits per heavy atom. The van der Waals surface area contributed by atoms with Crippen LogP contribution in [0.1, 0.15) is 38.2 Å². The zero-order valence-corrected chi connectivity index (χ0v) is 14.6. The molecular weight excluding hydrogens is 384 g/mol. The molecular formula is C15H18Br2N2O. The van der Waals surface area contributed by atoms with E-state index in [0.717, 1.165) is 52.7 Å². The molecule has 2 aliphatic rings. The Kier molecular flexibility index (Phi) is 4.20. The van der Waals surface area contributed by atoms with Crippen molar-refractivity contribution in [2.45, 2.75) is 51.3 Å². The van der Waals surface area contributed by atoms with Crippen LogP contribution in [0.4, 0.5) is 5.69 Å². The predicted octanol–water partition coefficient (Wildman–Crippen LogP) is 4.38. The molecule has 1 aromatic rings. The van der Waals surface area contributed by atoms with Crippen LogP contribution < -0.4 is 0 Å². The summed E-state index contributed by atoms with van der Waals surface area (Å²) in [5.41, 5.74) is 2.31. The maximum absolute atomic E-state index is 9.66. The van der Waals surface area contributed by atoms with Crippen molar-refractivity contribution >= 4 is 43.4 Å². The number of benzene rings is 1. The average Bonchev–Trinajstić information content (AvgIpc) is 2.40. The lowest BCUT2D eigenvalue weighted by atomic mass is 9.91. The molecule has 0 atom stereocenters. The van der Waals surface area contributed by atoms with Crippen molar-refractivity contribution in [1.82, 2.24) is 4.90 Å². The smallest absolute Gasteiger partial charge is 0.102 e. The van der Waals surface area contributed by atoms with Gasteiger partial charge in [-0.2, -0.15) is 0 Å². The summed E-state index contributed by atoms with van der Waals surface area (Å²) in [5.74, 6) is 1.09. The van der Waals surface area contributed by atoms with E-state index in [1.54, 1.807) is 0 Å². The summed E-state index contributed by atoms with van der Waals surface area (Å²) >= 11 is 7.15. The maximum Gasteiger partial charge on any atom is 0.102 e. The molecule has 1 saturated carbocycles. The molecule has 20 heavy (non-hydrogen) atoms. The number of hydrogen-bond acceptors (Lipinski definition) is 3. The van der Waals surface area contributed by atoms with Crippen molar-refractivity contribution < 1.29 is 5.11 Å². The predicted molar refractivity (Wildman–Crippen MR) is 88.4 cm³/mol. The van der Waals surface area contributed by atoms with Gasteiger partial charge in [-0.05, 0) is 66.2 Å². The van der Waals surface area contributed by atoms with Crippen molar-refractivity contribution in [3.8, 4) is 0 Å². The van der Waals surface area contributed by atoms with Gasteiger partial charge in [-0.3, -0.25) is 0 Å². The van der Waals surface area contributed by atoms with Crippen LogP contribution in [0.3, 0.4) is 0 Å².